The van der Waals surface area contributed by atoms with Crippen molar-refractivity contribution in [3.05, 3.63) is 112 Å². The number of hydrogen-bond donors (Lipinski definition) is 19. The van der Waals surface area contributed by atoms with Crippen molar-refractivity contribution in [1.82, 2.24) is 0 Å². The Morgan fingerprint density at radius 2 is 1.14 bits per heavy atom. The predicted molar refractivity (Wildman–Crippen MR) is 282 cm³/mol. The summed E-state index contributed by atoms with van der Waals surface area (Å²) in [6.07, 6.45) is -10.6. The number of benzene rings is 7. The van der Waals surface area contributed by atoms with Gasteiger partial charge in [-0.05, 0) is 54.6 Å². The van der Waals surface area contributed by atoms with Gasteiger partial charge in [-0.15, -0.1) is 0 Å². The maximum Gasteiger partial charge on any atom is 0.407 e. The van der Waals surface area contributed by atoms with Crippen LogP contribution in [0.5, 0.6) is 103 Å². The van der Waals surface area contributed by atoms with Crippen LogP contribution in [0.2, 0.25) is 0 Å². The normalized spacial score (nSPS) is 15.4. The first-order chi connectivity index (χ1) is 41.1. The quantitative estimate of drug-likeness (QED) is 0.0282. The molecule has 8 aromatic rings. The second-order valence-corrected chi connectivity index (χ2v) is 18.9. The van der Waals surface area contributed by atoms with E-state index < -0.39 is 244 Å². The van der Waals surface area contributed by atoms with Crippen molar-refractivity contribution < 1.29 is 154 Å². The average molecular weight is 1210 g/mol. The monoisotopic (exact) mass is 1210 g/mol. The Balaban J connectivity index is 1.23. The summed E-state index contributed by atoms with van der Waals surface area (Å²) in [5.74, 6) is -30.9. The summed E-state index contributed by atoms with van der Waals surface area (Å²) in [4.78, 5) is 70.3. The number of carbonyl (C=O) groups is 5. The van der Waals surface area contributed by atoms with Crippen LogP contribution in [0.25, 0.3) is 44.6 Å². The van der Waals surface area contributed by atoms with Gasteiger partial charge in [0.25, 0.3) is 5.75 Å². The van der Waals surface area contributed by atoms with Gasteiger partial charge in [0.1, 0.15) is 35.0 Å². The van der Waals surface area contributed by atoms with Crippen LogP contribution in [-0.4, -0.2) is 165 Å². The number of phenols is 16. The fourth-order valence-electron chi connectivity index (χ4n) is 9.40. The molecule has 2 aliphatic rings. The fourth-order valence-corrected chi connectivity index (χ4v) is 9.40. The van der Waals surface area contributed by atoms with E-state index in [1.165, 1.54) is 0 Å². The van der Waals surface area contributed by atoms with Crippen LogP contribution in [-0.2, 0) is 18.9 Å². The van der Waals surface area contributed by atoms with Crippen LogP contribution in [0.3, 0.4) is 0 Å². The van der Waals surface area contributed by atoms with Gasteiger partial charge in [-0.1, -0.05) is 0 Å². The van der Waals surface area contributed by atoms with Crippen molar-refractivity contribution >= 4 is 63.3 Å². The van der Waals surface area contributed by atoms with Crippen molar-refractivity contribution in [2.24, 2.45) is 0 Å². The number of carboxylic acid groups (broad SMARTS) is 1. The minimum atomic E-state index is -2.76. The number of hydrogen-bond acceptors (Lipinski definition) is 29. The molecule has 0 saturated carbocycles. The van der Waals surface area contributed by atoms with Gasteiger partial charge in [0.15, 0.2) is 105 Å². The van der Waals surface area contributed by atoms with Crippen LogP contribution in [0, 0.1) is 0 Å². The number of aliphatic hydroxyl groups excluding tert-OH is 2. The molecule has 31 nitrogen and oxygen atoms in total. The zero-order valence-corrected chi connectivity index (χ0v) is 43.0. The van der Waals surface area contributed by atoms with Crippen molar-refractivity contribution in [2.45, 2.75) is 24.4 Å². The van der Waals surface area contributed by atoms with E-state index in [0.29, 0.717) is 42.5 Å². The number of cyclic esters (lactones) is 2. The van der Waals surface area contributed by atoms with Crippen molar-refractivity contribution in [3.8, 4) is 115 Å². The van der Waals surface area contributed by atoms with E-state index >= 15 is 4.79 Å². The lowest BCUT2D eigenvalue weighted by Gasteiger charge is -2.34. The molecule has 0 bridgehead atoms. The summed E-state index contributed by atoms with van der Waals surface area (Å²) in [5.41, 5.74) is -9.65. The summed E-state index contributed by atoms with van der Waals surface area (Å²) in [7, 11) is 0. The Morgan fingerprint density at radius 1 is 0.575 bits per heavy atom. The molecule has 4 atom stereocenters. The molecule has 7 aromatic carbocycles. The molecule has 3 heterocycles. The molecule has 1 aromatic heterocycles. The topological polar surface area (TPSA) is 536 Å². The van der Waals surface area contributed by atoms with Crippen LogP contribution >= 0.6 is 0 Å². The number of carbonyl (C=O) groups excluding carboxylic acids is 4. The Bertz CT molecular complexity index is 4330. The Labute approximate surface area is 480 Å². The molecule has 0 fully saturated rings. The minimum absolute atomic E-state index is 0.324. The molecule has 19 N–H and O–H groups in total. The third-order valence-electron chi connectivity index (χ3n) is 13.5. The van der Waals surface area contributed by atoms with Gasteiger partial charge >= 0.3 is 41.0 Å². The highest BCUT2D eigenvalue weighted by molar-refractivity contribution is 6.18. The Kier molecular flexibility index (Phi) is 14.2. The first kappa shape index (κ1) is 57.8. The van der Waals surface area contributed by atoms with Gasteiger partial charge in [0.05, 0.1) is 46.1 Å². The van der Waals surface area contributed by atoms with E-state index in [4.69, 9.17) is 32.8 Å². The van der Waals surface area contributed by atoms with Gasteiger partial charge in [-0.2, -0.15) is 0 Å². The smallest absolute Gasteiger partial charge is 0.407 e. The highest BCUT2D eigenvalue weighted by Crippen LogP contribution is 2.56. The van der Waals surface area contributed by atoms with Gasteiger partial charge in [-0.3, -0.25) is 0 Å². The van der Waals surface area contributed by atoms with Crippen LogP contribution in [0.1, 0.15) is 62.9 Å². The number of ether oxygens (including phenoxy) is 6. The van der Waals surface area contributed by atoms with E-state index in [0.717, 1.165) is 30.3 Å². The lowest BCUT2D eigenvalue weighted by molar-refractivity contribution is -0.135. The number of fused-ring (bicyclic) bond motifs is 5. The number of carboxylic acids is 1. The number of rotatable bonds is 11. The van der Waals surface area contributed by atoms with Crippen LogP contribution in [0.15, 0.2) is 77.2 Å². The minimum Gasteiger partial charge on any atom is -0.507 e. The molecule has 0 spiro atoms. The molecule has 0 unspecified atom stereocenters. The first-order valence-electron chi connectivity index (χ1n) is 24.4. The largest absolute Gasteiger partial charge is 0.507 e. The van der Waals surface area contributed by atoms with Gasteiger partial charge in [-0.25, -0.2) is 28.4 Å². The fraction of sp³-hybridized carbons (Fsp3) is 0.107. The zero-order chi connectivity index (χ0) is 63.1. The van der Waals surface area contributed by atoms with E-state index in [1.54, 1.807) is 0 Å². The number of phenolic OH excluding ortho intramolecular Hbond substituents is 16. The molecule has 0 radical (unpaired) electrons. The van der Waals surface area contributed by atoms with E-state index in [1.807, 2.05) is 0 Å². The maximum absolute atomic E-state index is 15.3. The van der Waals surface area contributed by atoms with Gasteiger partial charge in [0, 0.05) is 28.8 Å². The molecule has 0 saturated heterocycles. The summed E-state index contributed by atoms with van der Waals surface area (Å²) in [5, 5.41) is 205. The van der Waals surface area contributed by atoms with Crippen molar-refractivity contribution in [2.75, 3.05) is 13.2 Å². The summed E-state index contributed by atoms with van der Waals surface area (Å²) >= 11 is 0. The van der Waals surface area contributed by atoms with Gasteiger partial charge < -0.3 is 125 Å². The summed E-state index contributed by atoms with van der Waals surface area (Å²) in [6.45, 7) is -3.01. The van der Waals surface area contributed by atoms with Crippen LogP contribution in [0.4, 0.5) is 0 Å². The highest BCUT2D eigenvalue weighted by atomic mass is 16.6. The third-order valence-corrected chi connectivity index (χ3v) is 13.5. The van der Waals surface area contributed by atoms with Gasteiger partial charge in [0.2, 0.25) is 11.5 Å². The first-order valence-corrected chi connectivity index (χ1v) is 24.4. The van der Waals surface area contributed by atoms with Crippen molar-refractivity contribution in [3.63, 3.8) is 0 Å². The molecule has 0 amide bonds. The molecule has 448 valence electrons. The Hall–Kier alpha value is -12.4. The molecule has 2 aliphatic heterocycles. The zero-order valence-electron chi connectivity index (χ0n) is 43.0. The number of aliphatic hydroxyl groups is 2. The average Bonchev–Trinajstić information content (AvgIpc) is 0.862. The maximum atomic E-state index is 15.3. The predicted octanol–water partition coefficient (Wildman–Crippen LogP) is 4.32. The number of aromatic hydroxyl groups is 16. The summed E-state index contributed by atoms with van der Waals surface area (Å²) in [6, 6.07) is 8.16. The molecule has 0 aliphatic carbocycles. The van der Waals surface area contributed by atoms with Crippen LogP contribution < -0.4 is 9.47 Å². The SMILES string of the molecule is O=C(O[C@@H]([C@@H]1OC(=O)c2cc(OC3=C(c4ccc(O)c(O)c4)Oc4cc(O)cc5[o+]c6c(O)c(O)cc(C(=O)O)c6c3c45)c(O)c(O)c2-c2c(cc(O)c(O)c2O)C(=O)OC[C@H]1O)[C@H](CO)OC(=O)c1cc(O)c(O)c(O)c1)c1cc(O)c(O)c(O)c1. The van der Waals surface area contributed by atoms with E-state index in [-0.39, 0.29) is 10.9 Å². The molecular weight excluding hydrogens is 1170 g/mol. The standard InChI is InChI=1S/C56H38O31/c57-13-34(85-53(77)16-4-24(61)40(68)25(62)5-16)49(87-54(78)17-6-26(63)41(69)27(64)7-17)48-30(67)14-81-55(79)20-11-28(65)42(70)45(73)35(20)36-21(56(80)86-48)12-33(44(72)46(36)74)84-51-39-37-19(52(75)76)10-29(66)43(71)50(37)83-32-9-18(58)8-31(38(32)39)82-47(51)15-1-2-22(59)23(60)3-15/h1-12,30,34,48-49,57,67H,13-14H2,(H16-,58,59,60,61,62,63,64,65,66,68,69,70,71,72,73,74,75,76,77,78,79,80)/p+1/t30-,34+,48-,49-/m1/s1. The molecule has 10 rings (SSSR count). The van der Waals surface area contributed by atoms with Crippen molar-refractivity contribution in [1.29, 1.82) is 0 Å². The third kappa shape index (κ3) is 9.87. The lowest BCUT2D eigenvalue weighted by Crippen LogP contribution is -2.53. The molecule has 31 heteroatoms. The Morgan fingerprint density at radius 3 is 1.72 bits per heavy atom. The molecular formula is C56H39O31+. The number of aromatic carboxylic acids is 1. The summed E-state index contributed by atoms with van der Waals surface area (Å²) < 4.78 is 40.2. The van der Waals surface area contributed by atoms with E-state index in [2.05, 4.69) is 0 Å². The number of esters is 4. The van der Waals surface area contributed by atoms with E-state index in [9.17, 15) is 116 Å². The lowest BCUT2D eigenvalue weighted by atomic mass is 9.91. The highest BCUT2D eigenvalue weighted by Gasteiger charge is 2.46. The molecule has 87 heavy (non-hydrogen) atoms. The second-order valence-electron chi connectivity index (χ2n) is 18.9. The second kappa shape index (κ2) is 21.4.